The second-order valence-electron chi connectivity index (χ2n) is 8.85. The predicted octanol–water partition coefficient (Wildman–Crippen LogP) is 3.82. The van der Waals surface area contributed by atoms with E-state index >= 15 is 0 Å². The molecule has 1 fully saturated rings. The molecule has 1 saturated heterocycles. The number of aromatic nitrogens is 5. The Balaban J connectivity index is 1.29. The van der Waals surface area contributed by atoms with E-state index in [0.717, 1.165) is 35.8 Å². The van der Waals surface area contributed by atoms with Crippen LogP contribution >= 0.6 is 22.9 Å². The predicted molar refractivity (Wildman–Crippen MR) is 128 cm³/mol. The number of ether oxygens (including phenoxy) is 1. The van der Waals surface area contributed by atoms with Gasteiger partial charge in [0.25, 0.3) is 6.43 Å². The molecule has 3 aromatic heterocycles. The van der Waals surface area contributed by atoms with Gasteiger partial charge in [0.2, 0.25) is 11.8 Å². The third kappa shape index (κ3) is 5.40. The van der Waals surface area contributed by atoms with E-state index in [9.17, 15) is 13.9 Å². The Morgan fingerprint density at radius 1 is 1.23 bits per heavy atom. The first-order valence-electron chi connectivity index (χ1n) is 11.5. The first kappa shape index (κ1) is 24.3. The minimum atomic E-state index is -2.59. The maximum absolute atomic E-state index is 12.4. The number of anilines is 1. The van der Waals surface area contributed by atoms with E-state index in [4.69, 9.17) is 16.3 Å². The van der Waals surface area contributed by atoms with E-state index in [2.05, 4.69) is 37.3 Å². The summed E-state index contributed by atoms with van der Waals surface area (Å²) in [5.74, 6) is 0.848. The van der Waals surface area contributed by atoms with Crippen LogP contribution in [-0.4, -0.2) is 74.0 Å². The maximum atomic E-state index is 12.4. The number of nitrogens with one attached hydrogen (secondary N) is 1. The smallest absolute Gasteiger partial charge is 0.272 e. The first-order chi connectivity index (χ1) is 16.9. The zero-order valence-corrected chi connectivity index (χ0v) is 20.6. The van der Waals surface area contributed by atoms with E-state index in [-0.39, 0.29) is 5.88 Å². The van der Waals surface area contributed by atoms with E-state index in [1.54, 1.807) is 16.0 Å². The number of hydrogen-bond acceptors (Lipinski definition) is 9. The average Bonchev–Trinajstić information content (AvgIpc) is 3.49. The number of fused-ring (bicyclic) bond motifs is 1. The molecule has 35 heavy (non-hydrogen) atoms. The molecule has 2 N–H and O–H groups in total. The largest absolute Gasteiger partial charge is 0.471 e. The number of aliphatic hydroxyl groups excluding tert-OH is 1. The summed E-state index contributed by atoms with van der Waals surface area (Å²) in [6, 6.07) is 1.09. The van der Waals surface area contributed by atoms with Gasteiger partial charge >= 0.3 is 0 Å². The van der Waals surface area contributed by atoms with Gasteiger partial charge < -0.3 is 20.1 Å². The molecule has 0 aromatic carbocycles. The lowest BCUT2D eigenvalue weighted by molar-refractivity contribution is 0.0791. The number of likely N-dealkylation sites (tertiary alicyclic amines) is 1. The number of thiazole rings is 1. The molecule has 3 aromatic rings. The van der Waals surface area contributed by atoms with Gasteiger partial charge in [-0.15, -0.1) is 16.4 Å². The third-order valence-electron chi connectivity index (χ3n) is 6.37. The highest BCUT2D eigenvalue weighted by Crippen LogP contribution is 2.37. The van der Waals surface area contributed by atoms with Gasteiger partial charge in [0.05, 0.1) is 32.8 Å². The Morgan fingerprint density at radius 3 is 2.80 bits per heavy atom. The molecule has 0 radical (unpaired) electrons. The number of hydrogen-bond donors (Lipinski definition) is 2. The minimum absolute atomic E-state index is 0.0654. The average molecular weight is 526 g/mol. The third-order valence-corrected chi connectivity index (χ3v) is 7.81. The monoisotopic (exact) mass is 525 g/mol. The van der Waals surface area contributed by atoms with Crippen LogP contribution in [0.15, 0.2) is 18.5 Å². The van der Waals surface area contributed by atoms with E-state index in [1.807, 2.05) is 6.20 Å². The number of rotatable bonds is 7. The SMILES string of the molecule is CN1CCC(c2ncc(-c3nc(N[C@@H]4CCn5nc(OCC(F)F)cc5[C@H]4O)ncc3Cl)s2)CC1. The Kier molecular flexibility index (Phi) is 7.14. The van der Waals surface area contributed by atoms with Gasteiger partial charge in [-0.1, -0.05) is 11.6 Å². The summed E-state index contributed by atoms with van der Waals surface area (Å²) in [6.07, 6.45) is 2.51. The molecular weight excluding hydrogens is 500 g/mol. The molecule has 0 unspecified atom stereocenters. The van der Waals surface area contributed by atoms with Crippen LogP contribution in [0.3, 0.4) is 0 Å². The summed E-state index contributed by atoms with van der Waals surface area (Å²) in [5.41, 5.74) is 1.08. The summed E-state index contributed by atoms with van der Waals surface area (Å²) >= 11 is 8.03. The zero-order chi connectivity index (χ0) is 24.5. The molecule has 0 amide bonds. The van der Waals surface area contributed by atoms with Crippen molar-refractivity contribution in [2.75, 3.05) is 32.1 Å². The second-order valence-corrected chi connectivity index (χ2v) is 10.3. The van der Waals surface area contributed by atoms with Gasteiger partial charge in [0, 0.05) is 24.7 Å². The summed E-state index contributed by atoms with van der Waals surface area (Å²) in [5, 5.41) is 19.7. The molecule has 5 rings (SSSR count). The quantitative estimate of drug-likeness (QED) is 0.480. The molecule has 2 aliphatic heterocycles. The zero-order valence-electron chi connectivity index (χ0n) is 19.1. The van der Waals surface area contributed by atoms with Crippen LogP contribution in [0.5, 0.6) is 5.88 Å². The van der Waals surface area contributed by atoms with Crippen molar-refractivity contribution in [2.24, 2.45) is 0 Å². The Bertz CT molecular complexity index is 1170. The fourth-order valence-electron chi connectivity index (χ4n) is 4.44. The van der Waals surface area contributed by atoms with Crippen molar-refractivity contribution >= 4 is 28.9 Å². The van der Waals surface area contributed by atoms with Crippen molar-refractivity contribution < 1.29 is 18.6 Å². The lowest BCUT2D eigenvalue weighted by Crippen LogP contribution is -2.35. The maximum Gasteiger partial charge on any atom is 0.272 e. The van der Waals surface area contributed by atoms with Crippen LogP contribution in [0.25, 0.3) is 10.6 Å². The lowest BCUT2D eigenvalue weighted by Gasteiger charge is -2.29. The molecule has 2 atom stereocenters. The lowest BCUT2D eigenvalue weighted by atomic mass is 9.98. The number of nitrogens with zero attached hydrogens (tertiary/aromatic N) is 6. The van der Waals surface area contributed by atoms with Crippen molar-refractivity contribution in [1.29, 1.82) is 0 Å². The van der Waals surface area contributed by atoms with Crippen molar-refractivity contribution in [2.45, 2.75) is 50.3 Å². The molecule has 0 spiro atoms. The molecule has 13 heteroatoms. The van der Waals surface area contributed by atoms with Crippen molar-refractivity contribution in [3.05, 3.63) is 34.2 Å². The molecule has 188 valence electrons. The molecule has 9 nitrogen and oxygen atoms in total. The topological polar surface area (TPSA) is 101 Å². The molecule has 0 aliphatic carbocycles. The number of alkyl halides is 2. The highest BCUT2D eigenvalue weighted by molar-refractivity contribution is 7.15. The van der Waals surface area contributed by atoms with E-state index in [1.165, 1.54) is 12.3 Å². The minimum Gasteiger partial charge on any atom is -0.471 e. The van der Waals surface area contributed by atoms with Gasteiger partial charge in [-0.25, -0.2) is 23.7 Å². The first-order valence-corrected chi connectivity index (χ1v) is 12.7. The summed E-state index contributed by atoms with van der Waals surface area (Å²) in [7, 11) is 2.13. The fourth-order valence-corrected chi connectivity index (χ4v) is 5.78. The van der Waals surface area contributed by atoms with Crippen molar-refractivity contribution in [3.8, 4) is 16.5 Å². The highest BCUT2D eigenvalue weighted by atomic mass is 35.5. The van der Waals surface area contributed by atoms with Crippen LogP contribution in [0.1, 0.15) is 42.0 Å². The Labute approximate surface area is 210 Å². The van der Waals surface area contributed by atoms with Crippen LogP contribution in [-0.2, 0) is 6.54 Å². The highest BCUT2D eigenvalue weighted by Gasteiger charge is 2.31. The van der Waals surface area contributed by atoms with Gasteiger partial charge in [0.15, 0.2) is 6.61 Å². The summed E-state index contributed by atoms with van der Waals surface area (Å²) < 4.78 is 31.4. The molecule has 0 bridgehead atoms. The number of piperidine rings is 1. The number of halogens is 3. The standard InChI is InChI=1S/C22H26ClF2N7O2S/c1-31-5-2-12(3-6-31)21-26-10-16(35-21)19-13(23)9-27-22(29-19)28-14-4-7-32-15(20(14)33)8-18(30-32)34-11-17(24)25/h8-10,12,14,17,20,33H,2-7,11H2,1H3,(H,27,28,29)/t14-,20+/m1/s1. The van der Waals surface area contributed by atoms with Gasteiger partial charge in [-0.2, -0.15) is 0 Å². The molecular formula is C22H26ClF2N7O2S. The van der Waals surface area contributed by atoms with E-state index in [0.29, 0.717) is 41.2 Å². The molecule has 2 aliphatic rings. The second kappa shape index (κ2) is 10.3. The van der Waals surface area contributed by atoms with Crippen molar-refractivity contribution in [3.63, 3.8) is 0 Å². The Morgan fingerprint density at radius 2 is 2.03 bits per heavy atom. The van der Waals surface area contributed by atoms with Gasteiger partial charge in [0.1, 0.15) is 11.8 Å². The number of aryl methyl sites for hydroxylation is 1. The van der Waals surface area contributed by atoms with Gasteiger partial charge in [-0.05, 0) is 39.4 Å². The summed E-state index contributed by atoms with van der Waals surface area (Å²) in [6.45, 7) is 1.86. The number of aliphatic hydroxyl groups is 1. The fraction of sp³-hybridized carbons (Fsp3) is 0.545. The van der Waals surface area contributed by atoms with Crippen molar-refractivity contribution in [1.82, 2.24) is 29.6 Å². The van der Waals surface area contributed by atoms with Gasteiger partial charge in [-0.3, -0.25) is 4.68 Å². The van der Waals surface area contributed by atoms with Crippen LogP contribution in [0, 0.1) is 0 Å². The normalized spacial score (nSPS) is 21.3. The molecule has 0 saturated carbocycles. The van der Waals surface area contributed by atoms with Crippen LogP contribution < -0.4 is 10.1 Å². The molecule has 5 heterocycles. The van der Waals surface area contributed by atoms with E-state index < -0.39 is 25.2 Å². The Hall–Kier alpha value is -2.41. The van der Waals surface area contributed by atoms with Crippen LogP contribution in [0.4, 0.5) is 14.7 Å². The van der Waals surface area contributed by atoms with Crippen LogP contribution in [0.2, 0.25) is 5.02 Å². The summed E-state index contributed by atoms with van der Waals surface area (Å²) in [4.78, 5) is 16.8.